The lowest BCUT2D eigenvalue weighted by Crippen LogP contribution is -2.41. The van der Waals surface area contributed by atoms with Crippen LogP contribution in [0.4, 0.5) is 4.79 Å². The van der Waals surface area contributed by atoms with Gasteiger partial charge in [-0.1, -0.05) is 22.8 Å². The minimum atomic E-state index is -0.544. The predicted molar refractivity (Wildman–Crippen MR) is 134 cm³/mol. The van der Waals surface area contributed by atoms with Crippen molar-refractivity contribution in [1.82, 2.24) is 29.6 Å². The Kier molecular flexibility index (Phi) is 6.07. The summed E-state index contributed by atoms with van der Waals surface area (Å²) in [5.41, 5.74) is 2.63. The van der Waals surface area contributed by atoms with Crippen molar-refractivity contribution in [2.75, 3.05) is 13.1 Å². The molecule has 0 radical (unpaired) electrons. The summed E-state index contributed by atoms with van der Waals surface area (Å²) in [6.45, 7) is 8.56. The number of amides is 1. The number of halogens is 1. The van der Waals surface area contributed by atoms with Gasteiger partial charge in [-0.05, 0) is 58.2 Å². The van der Waals surface area contributed by atoms with Crippen molar-refractivity contribution in [3.05, 3.63) is 57.1 Å². The van der Waals surface area contributed by atoms with Gasteiger partial charge in [0.2, 0.25) is 5.82 Å². The van der Waals surface area contributed by atoms with Gasteiger partial charge in [-0.15, -0.1) is 0 Å². The third-order valence-electron chi connectivity index (χ3n) is 6.12. The molecule has 11 heteroatoms. The van der Waals surface area contributed by atoms with Crippen LogP contribution in [-0.4, -0.2) is 54.4 Å². The van der Waals surface area contributed by atoms with Crippen LogP contribution in [0.15, 0.2) is 39.8 Å². The van der Waals surface area contributed by atoms with Crippen molar-refractivity contribution in [2.45, 2.75) is 52.1 Å². The number of nitrogens with zero attached hydrogens (tertiary/aromatic N) is 5. The average molecular weight is 511 g/mol. The van der Waals surface area contributed by atoms with Gasteiger partial charge in [0.05, 0.1) is 16.9 Å². The number of carbonyl (C=O) groups excluding carboxylic acids is 1. The summed E-state index contributed by atoms with van der Waals surface area (Å²) in [6, 6.07) is 7.15. The van der Waals surface area contributed by atoms with Crippen LogP contribution in [0.25, 0.3) is 28.5 Å². The van der Waals surface area contributed by atoms with Gasteiger partial charge in [0.25, 0.3) is 11.4 Å². The highest BCUT2D eigenvalue weighted by Gasteiger charge is 2.29. The Balaban J connectivity index is 1.41. The largest absolute Gasteiger partial charge is 0.444 e. The first-order valence-electron chi connectivity index (χ1n) is 11.8. The van der Waals surface area contributed by atoms with Crippen LogP contribution in [0, 0.1) is 6.92 Å². The normalized spacial score (nSPS) is 15.0. The van der Waals surface area contributed by atoms with Crippen LogP contribution in [0.5, 0.6) is 0 Å². The van der Waals surface area contributed by atoms with E-state index in [1.807, 2.05) is 45.9 Å². The number of aromatic amines is 1. The minimum absolute atomic E-state index is 0.0471. The molecule has 10 nitrogen and oxygen atoms in total. The SMILES string of the molecule is Cc1ccc(-c2noc(-c3cnn4c(C5CCN(C(=O)OC(C)(C)C)CC5)cc(=O)[nH]c34)n2)c(Cl)c1. The number of nitrogens with one attached hydrogen (secondary N) is 1. The number of hydrogen-bond donors (Lipinski definition) is 1. The molecule has 1 aromatic carbocycles. The van der Waals surface area contributed by atoms with Gasteiger partial charge in [-0.3, -0.25) is 4.79 Å². The molecule has 1 fully saturated rings. The number of fused-ring (bicyclic) bond motifs is 1. The van der Waals surface area contributed by atoms with Gasteiger partial charge in [0.1, 0.15) is 16.8 Å². The second-order valence-electron chi connectivity index (χ2n) is 10.0. The molecule has 0 unspecified atom stereocenters. The van der Waals surface area contributed by atoms with Gasteiger partial charge in [-0.25, -0.2) is 9.31 Å². The molecule has 188 valence electrons. The number of H-pyrrole nitrogens is 1. The molecular weight excluding hydrogens is 484 g/mol. The fourth-order valence-corrected chi connectivity index (χ4v) is 4.71. The first kappa shape index (κ1) is 24.1. The number of benzene rings is 1. The zero-order valence-electron chi connectivity index (χ0n) is 20.5. The van der Waals surface area contributed by atoms with Crippen molar-refractivity contribution >= 4 is 23.3 Å². The van der Waals surface area contributed by atoms with E-state index in [1.165, 1.54) is 0 Å². The molecule has 0 saturated carbocycles. The van der Waals surface area contributed by atoms with Gasteiger partial charge < -0.3 is 19.1 Å². The zero-order chi connectivity index (χ0) is 25.6. The summed E-state index contributed by atoms with van der Waals surface area (Å²) in [6.07, 6.45) is 2.64. The molecule has 1 saturated heterocycles. The molecule has 1 N–H and O–H groups in total. The minimum Gasteiger partial charge on any atom is -0.444 e. The van der Waals surface area contributed by atoms with Crippen LogP contribution in [0.1, 0.15) is 50.8 Å². The fourth-order valence-electron chi connectivity index (χ4n) is 4.39. The highest BCUT2D eigenvalue weighted by Crippen LogP contribution is 2.32. The third kappa shape index (κ3) is 4.73. The lowest BCUT2D eigenvalue weighted by molar-refractivity contribution is 0.0203. The molecule has 4 aromatic rings. The highest BCUT2D eigenvalue weighted by atomic mass is 35.5. The van der Waals surface area contributed by atoms with E-state index in [2.05, 4.69) is 20.2 Å². The van der Waals surface area contributed by atoms with Gasteiger partial charge in [-0.2, -0.15) is 10.1 Å². The maximum atomic E-state index is 12.6. The van der Waals surface area contributed by atoms with Crippen LogP contribution in [-0.2, 0) is 4.74 Å². The van der Waals surface area contributed by atoms with Crippen molar-refractivity contribution < 1.29 is 14.1 Å². The molecule has 1 aliphatic rings. The summed E-state index contributed by atoms with van der Waals surface area (Å²) in [4.78, 5) is 34.1. The molecule has 1 aliphatic heterocycles. The third-order valence-corrected chi connectivity index (χ3v) is 6.43. The molecule has 0 atom stereocenters. The van der Waals surface area contributed by atoms with Crippen LogP contribution in [0.3, 0.4) is 0 Å². The van der Waals surface area contributed by atoms with Gasteiger partial charge in [0, 0.05) is 30.6 Å². The standard InChI is InChI=1S/C25H27ClN6O4/c1-14-5-6-16(18(26)11-14)21-29-23(36-30-21)17-13-27-32-19(12-20(33)28-22(17)32)15-7-9-31(10-8-15)24(34)35-25(2,3)4/h5-6,11-13,15H,7-10H2,1-4H3,(H,28,33). The van der Waals surface area contributed by atoms with E-state index >= 15 is 0 Å². The summed E-state index contributed by atoms with van der Waals surface area (Å²) in [7, 11) is 0. The van der Waals surface area contributed by atoms with E-state index in [-0.39, 0.29) is 23.5 Å². The number of rotatable bonds is 3. The number of carbonyl (C=O) groups is 1. The lowest BCUT2D eigenvalue weighted by Gasteiger charge is -2.33. The van der Waals surface area contributed by atoms with Crippen LogP contribution in [0.2, 0.25) is 5.02 Å². The van der Waals surface area contributed by atoms with Crippen molar-refractivity contribution in [1.29, 1.82) is 0 Å². The second-order valence-corrected chi connectivity index (χ2v) is 10.4. The second kappa shape index (κ2) is 9.09. The fraction of sp³-hybridized carbons (Fsp3) is 0.400. The molecule has 5 rings (SSSR count). The maximum absolute atomic E-state index is 12.6. The number of hydrogen-bond acceptors (Lipinski definition) is 7. The molecule has 36 heavy (non-hydrogen) atoms. The Bertz CT molecular complexity index is 1490. The smallest absolute Gasteiger partial charge is 0.410 e. The maximum Gasteiger partial charge on any atom is 0.410 e. The zero-order valence-corrected chi connectivity index (χ0v) is 21.3. The van der Waals surface area contributed by atoms with Crippen LogP contribution >= 0.6 is 11.6 Å². The number of aromatic nitrogens is 5. The Morgan fingerprint density at radius 3 is 2.64 bits per heavy atom. The summed E-state index contributed by atoms with van der Waals surface area (Å²) >= 11 is 6.36. The first-order valence-corrected chi connectivity index (χ1v) is 12.2. The Morgan fingerprint density at radius 2 is 1.94 bits per heavy atom. The monoisotopic (exact) mass is 510 g/mol. The van der Waals surface area contributed by atoms with Gasteiger partial charge >= 0.3 is 6.09 Å². The average Bonchev–Trinajstić information content (AvgIpc) is 3.44. The molecule has 0 bridgehead atoms. The number of aryl methyl sites for hydroxylation is 1. The van der Waals surface area contributed by atoms with E-state index < -0.39 is 5.60 Å². The molecule has 0 spiro atoms. The molecule has 0 aliphatic carbocycles. The topological polar surface area (TPSA) is 119 Å². The van der Waals surface area contributed by atoms with E-state index in [0.29, 0.717) is 53.6 Å². The summed E-state index contributed by atoms with van der Waals surface area (Å²) in [5, 5.41) is 9.11. The van der Waals surface area contributed by atoms with E-state index in [0.717, 1.165) is 11.3 Å². The van der Waals surface area contributed by atoms with E-state index in [4.69, 9.17) is 20.9 Å². The number of piperidine rings is 1. The van der Waals surface area contributed by atoms with Crippen molar-refractivity contribution in [3.63, 3.8) is 0 Å². The van der Waals surface area contributed by atoms with Crippen molar-refractivity contribution in [2.24, 2.45) is 0 Å². The van der Waals surface area contributed by atoms with Gasteiger partial charge in [0.15, 0.2) is 0 Å². The molecule has 3 aromatic heterocycles. The van der Waals surface area contributed by atoms with E-state index in [1.54, 1.807) is 21.7 Å². The summed E-state index contributed by atoms with van der Waals surface area (Å²) in [5.74, 6) is 0.623. The Hall–Kier alpha value is -3.66. The number of likely N-dealkylation sites (tertiary alicyclic amines) is 1. The molecule has 1 amide bonds. The molecule has 4 heterocycles. The Morgan fingerprint density at radius 1 is 1.19 bits per heavy atom. The van der Waals surface area contributed by atoms with Crippen molar-refractivity contribution in [3.8, 4) is 22.8 Å². The summed E-state index contributed by atoms with van der Waals surface area (Å²) < 4.78 is 12.7. The lowest BCUT2D eigenvalue weighted by atomic mass is 9.93. The first-order chi connectivity index (χ1) is 17.1. The predicted octanol–water partition coefficient (Wildman–Crippen LogP) is 4.82. The quantitative estimate of drug-likeness (QED) is 0.419. The molecular formula is C25H27ClN6O4. The number of ether oxygens (including phenoxy) is 1. The highest BCUT2D eigenvalue weighted by molar-refractivity contribution is 6.33. The Labute approximate surface area is 212 Å². The van der Waals surface area contributed by atoms with Crippen LogP contribution < -0.4 is 5.56 Å². The van der Waals surface area contributed by atoms with E-state index in [9.17, 15) is 9.59 Å².